The molecule has 0 aliphatic heterocycles. The Hall–Kier alpha value is -1.56. The van der Waals surface area contributed by atoms with E-state index in [1.807, 2.05) is 24.3 Å². The lowest BCUT2D eigenvalue weighted by atomic mass is 10.3. The first kappa shape index (κ1) is 13.4. The van der Waals surface area contributed by atoms with E-state index < -0.39 is 10.0 Å². The predicted molar refractivity (Wildman–Crippen MR) is 84.1 cm³/mol. The Bertz CT molecular complexity index is 857. The molecule has 20 heavy (non-hydrogen) atoms. The van der Waals surface area contributed by atoms with Crippen molar-refractivity contribution in [1.29, 1.82) is 0 Å². The van der Waals surface area contributed by atoms with Crippen LogP contribution >= 0.6 is 22.9 Å². The quantitative estimate of drug-likeness (QED) is 0.778. The van der Waals surface area contributed by atoms with Crippen LogP contribution in [0.25, 0.3) is 10.1 Å². The van der Waals surface area contributed by atoms with E-state index in [0.717, 1.165) is 10.1 Å². The summed E-state index contributed by atoms with van der Waals surface area (Å²) in [6.07, 6.45) is 0. The molecule has 1 N–H and O–H groups in total. The maximum absolute atomic E-state index is 12.3. The van der Waals surface area contributed by atoms with Crippen LogP contribution in [0.2, 0.25) is 5.02 Å². The molecule has 0 atom stereocenters. The molecular formula is C14H10ClNO2S2. The van der Waals surface area contributed by atoms with Gasteiger partial charge >= 0.3 is 0 Å². The van der Waals surface area contributed by atoms with Gasteiger partial charge in [-0.1, -0.05) is 48.0 Å². The third kappa shape index (κ3) is 2.40. The molecule has 2 aromatic carbocycles. The summed E-state index contributed by atoms with van der Waals surface area (Å²) in [5, 5.41) is 1.73. The maximum atomic E-state index is 12.3. The summed E-state index contributed by atoms with van der Waals surface area (Å²) in [7, 11) is -3.61. The number of sulfonamides is 1. The second kappa shape index (κ2) is 5.09. The van der Waals surface area contributed by atoms with Crippen LogP contribution in [0.4, 0.5) is 5.00 Å². The monoisotopic (exact) mass is 323 g/mol. The lowest BCUT2D eigenvalue weighted by molar-refractivity contribution is 0.601. The van der Waals surface area contributed by atoms with E-state index in [1.54, 1.807) is 30.3 Å². The first-order valence-electron chi connectivity index (χ1n) is 5.83. The zero-order valence-electron chi connectivity index (χ0n) is 10.2. The Kier molecular flexibility index (Phi) is 3.41. The van der Waals surface area contributed by atoms with Gasteiger partial charge in [0.15, 0.2) is 0 Å². The van der Waals surface area contributed by atoms with E-state index in [1.165, 1.54) is 11.3 Å². The summed E-state index contributed by atoms with van der Waals surface area (Å²) in [6.45, 7) is 0. The van der Waals surface area contributed by atoms with Crippen LogP contribution in [-0.4, -0.2) is 8.42 Å². The van der Waals surface area contributed by atoms with Crippen molar-refractivity contribution in [2.45, 2.75) is 4.90 Å². The molecule has 3 rings (SSSR count). The standard InChI is InChI=1S/C14H10ClNO2S2/c15-13-11-8-4-5-9-12(11)19-14(13)16-20(17,18)10-6-2-1-3-7-10/h1-9,16H. The maximum Gasteiger partial charge on any atom is 0.262 e. The molecule has 3 nitrogen and oxygen atoms in total. The molecule has 0 saturated carbocycles. The fourth-order valence-electron chi connectivity index (χ4n) is 1.86. The van der Waals surface area contributed by atoms with E-state index in [0.29, 0.717) is 10.0 Å². The number of fused-ring (bicyclic) bond motifs is 1. The minimum absolute atomic E-state index is 0.216. The van der Waals surface area contributed by atoms with Crippen molar-refractivity contribution < 1.29 is 8.42 Å². The number of thiophene rings is 1. The van der Waals surface area contributed by atoms with Crippen molar-refractivity contribution in [3.05, 3.63) is 59.6 Å². The average Bonchev–Trinajstić information content (AvgIpc) is 2.76. The van der Waals surface area contributed by atoms with Gasteiger partial charge in [-0.05, 0) is 18.2 Å². The van der Waals surface area contributed by atoms with Crippen LogP contribution in [-0.2, 0) is 10.0 Å². The van der Waals surface area contributed by atoms with Crippen molar-refractivity contribution in [2.75, 3.05) is 4.72 Å². The van der Waals surface area contributed by atoms with Gasteiger partial charge in [0.2, 0.25) is 0 Å². The van der Waals surface area contributed by atoms with Crippen LogP contribution in [0.15, 0.2) is 59.5 Å². The van der Waals surface area contributed by atoms with Crippen molar-refractivity contribution in [2.24, 2.45) is 0 Å². The number of hydrogen-bond donors (Lipinski definition) is 1. The number of anilines is 1. The molecule has 0 spiro atoms. The number of benzene rings is 2. The van der Waals surface area contributed by atoms with Crippen molar-refractivity contribution in [3.8, 4) is 0 Å². The molecule has 0 fully saturated rings. The molecule has 0 bridgehead atoms. The van der Waals surface area contributed by atoms with E-state index in [2.05, 4.69) is 4.72 Å². The molecule has 1 heterocycles. The fourth-order valence-corrected chi connectivity index (χ4v) is 4.62. The molecule has 3 aromatic rings. The van der Waals surface area contributed by atoms with E-state index in [-0.39, 0.29) is 4.90 Å². The van der Waals surface area contributed by atoms with Crippen molar-refractivity contribution in [1.82, 2.24) is 0 Å². The van der Waals surface area contributed by atoms with Gasteiger partial charge in [-0.25, -0.2) is 8.42 Å². The van der Waals surface area contributed by atoms with Gasteiger partial charge in [0, 0.05) is 10.1 Å². The largest absolute Gasteiger partial charge is 0.269 e. The third-order valence-corrected chi connectivity index (χ3v) is 5.90. The molecule has 102 valence electrons. The van der Waals surface area contributed by atoms with Crippen molar-refractivity contribution in [3.63, 3.8) is 0 Å². The Morgan fingerprint density at radius 3 is 2.30 bits per heavy atom. The van der Waals surface area contributed by atoms with E-state index >= 15 is 0 Å². The number of halogens is 1. The Morgan fingerprint density at radius 1 is 0.950 bits per heavy atom. The molecule has 0 unspecified atom stereocenters. The normalized spacial score (nSPS) is 11.7. The molecule has 0 saturated heterocycles. The highest BCUT2D eigenvalue weighted by Gasteiger charge is 2.18. The topological polar surface area (TPSA) is 46.2 Å². The first-order valence-corrected chi connectivity index (χ1v) is 8.50. The van der Waals surface area contributed by atoms with Gasteiger partial charge < -0.3 is 0 Å². The predicted octanol–water partition coefficient (Wildman–Crippen LogP) is 4.36. The summed E-state index contributed by atoms with van der Waals surface area (Å²) in [5.41, 5.74) is 0. The Balaban J connectivity index is 2.03. The summed E-state index contributed by atoms with van der Waals surface area (Å²) in [6, 6.07) is 15.8. The Morgan fingerprint density at radius 2 is 1.60 bits per heavy atom. The van der Waals surface area contributed by atoms with Crippen LogP contribution in [0, 0.1) is 0 Å². The second-order valence-electron chi connectivity index (χ2n) is 4.16. The zero-order valence-corrected chi connectivity index (χ0v) is 12.6. The summed E-state index contributed by atoms with van der Waals surface area (Å²) >= 11 is 7.56. The fraction of sp³-hybridized carbons (Fsp3) is 0. The van der Waals surface area contributed by atoms with Gasteiger partial charge in [0.1, 0.15) is 5.00 Å². The number of rotatable bonds is 3. The van der Waals surface area contributed by atoms with Gasteiger partial charge in [0.25, 0.3) is 10.0 Å². The summed E-state index contributed by atoms with van der Waals surface area (Å²) in [4.78, 5) is 0.216. The lowest BCUT2D eigenvalue weighted by Gasteiger charge is -2.06. The molecule has 0 aliphatic carbocycles. The molecule has 6 heteroatoms. The first-order chi connectivity index (χ1) is 9.58. The highest BCUT2D eigenvalue weighted by atomic mass is 35.5. The zero-order chi connectivity index (χ0) is 14.2. The highest BCUT2D eigenvalue weighted by Crippen LogP contribution is 2.40. The second-order valence-corrected chi connectivity index (χ2v) is 7.27. The lowest BCUT2D eigenvalue weighted by Crippen LogP contribution is -2.11. The van der Waals surface area contributed by atoms with Gasteiger partial charge in [-0.15, -0.1) is 11.3 Å². The van der Waals surface area contributed by atoms with Crippen LogP contribution in [0.3, 0.4) is 0 Å². The van der Waals surface area contributed by atoms with E-state index in [9.17, 15) is 8.42 Å². The molecule has 0 radical (unpaired) electrons. The smallest absolute Gasteiger partial charge is 0.262 e. The minimum Gasteiger partial charge on any atom is -0.269 e. The third-order valence-electron chi connectivity index (χ3n) is 2.82. The highest BCUT2D eigenvalue weighted by molar-refractivity contribution is 7.93. The van der Waals surface area contributed by atoms with Crippen molar-refractivity contribution >= 4 is 48.0 Å². The van der Waals surface area contributed by atoms with Crippen LogP contribution < -0.4 is 4.72 Å². The molecule has 0 amide bonds. The SMILES string of the molecule is O=S(=O)(Nc1sc2ccccc2c1Cl)c1ccccc1. The van der Waals surface area contributed by atoms with E-state index in [4.69, 9.17) is 11.6 Å². The van der Waals surface area contributed by atoms with Gasteiger partial charge in [0.05, 0.1) is 9.92 Å². The molecular weight excluding hydrogens is 314 g/mol. The number of nitrogens with one attached hydrogen (secondary N) is 1. The number of hydrogen-bond acceptors (Lipinski definition) is 3. The Labute approximate surface area is 125 Å². The van der Waals surface area contributed by atoms with Gasteiger partial charge in [-0.2, -0.15) is 0 Å². The van der Waals surface area contributed by atoms with Gasteiger partial charge in [-0.3, -0.25) is 4.72 Å². The summed E-state index contributed by atoms with van der Waals surface area (Å²) < 4.78 is 28.0. The summed E-state index contributed by atoms with van der Waals surface area (Å²) in [5.74, 6) is 0. The minimum atomic E-state index is -3.61. The van der Waals surface area contributed by atoms with Crippen LogP contribution in [0.1, 0.15) is 0 Å². The average molecular weight is 324 g/mol. The molecule has 0 aliphatic rings. The molecule has 1 aromatic heterocycles. The van der Waals surface area contributed by atoms with Crippen LogP contribution in [0.5, 0.6) is 0 Å².